The van der Waals surface area contributed by atoms with Gasteiger partial charge in [-0.3, -0.25) is 0 Å². The van der Waals surface area contributed by atoms with Gasteiger partial charge in [-0.25, -0.2) is 0 Å². The fourth-order valence-electron chi connectivity index (χ4n) is 3.63. The molecular formula is C25H28Si. The predicted octanol–water partition coefficient (Wildman–Crippen LogP) is 7.02. The smallest absolute Gasteiger partial charge is 0.130 e. The Balaban J connectivity index is 2.09. The van der Waals surface area contributed by atoms with Crippen LogP contribution in [-0.2, 0) is 0 Å². The summed E-state index contributed by atoms with van der Waals surface area (Å²) in [4.78, 5) is 0. The molecule has 0 nitrogen and oxygen atoms in total. The SMILES string of the molecule is CC[Si](C#CC(c1ccccc1)c1ccc2ccccc2c1)(CC)CC. The van der Waals surface area contributed by atoms with Gasteiger partial charge in [-0.2, -0.15) is 0 Å². The van der Waals surface area contributed by atoms with Crippen molar-refractivity contribution in [2.45, 2.75) is 44.8 Å². The molecule has 0 radical (unpaired) electrons. The summed E-state index contributed by atoms with van der Waals surface area (Å²) in [5, 5.41) is 2.58. The molecule has 0 bridgehead atoms. The number of benzene rings is 3. The lowest BCUT2D eigenvalue weighted by molar-refractivity contribution is 1.07. The summed E-state index contributed by atoms with van der Waals surface area (Å²) in [7, 11) is -1.46. The first-order valence-electron chi connectivity index (χ1n) is 9.77. The van der Waals surface area contributed by atoms with Gasteiger partial charge in [0.2, 0.25) is 0 Å². The summed E-state index contributed by atoms with van der Waals surface area (Å²) in [5.41, 5.74) is 6.41. The molecule has 1 unspecified atom stereocenters. The molecule has 0 fully saturated rings. The maximum atomic E-state index is 3.82. The van der Waals surface area contributed by atoms with Crippen LogP contribution >= 0.6 is 0 Å². The lowest BCUT2D eigenvalue weighted by Gasteiger charge is -2.21. The van der Waals surface area contributed by atoms with Gasteiger partial charge in [0, 0.05) is 0 Å². The molecule has 3 aromatic carbocycles. The first-order valence-corrected chi connectivity index (χ1v) is 12.4. The Morgan fingerprint density at radius 1 is 0.692 bits per heavy atom. The van der Waals surface area contributed by atoms with Crippen LogP contribution in [0.25, 0.3) is 10.8 Å². The van der Waals surface area contributed by atoms with E-state index < -0.39 is 8.07 Å². The molecule has 0 aromatic heterocycles. The largest absolute Gasteiger partial charge is 0.137 e. The highest BCUT2D eigenvalue weighted by atomic mass is 28.3. The van der Waals surface area contributed by atoms with Crippen molar-refractivity contribution in [1.29, 1.82) is 0 Å². The topological polar surface area (TPSA) is 0 Å². The molecule has 0 aliphatic heterocycles. The van der Waals surface area contributed by atoms with Crippen molar-refractivity contribution < 1.29 is 0 Å². The zero-order valence-electron chi connectivity index (χ0n) is 16.1. The molecule has 0 saturated heterocycles. The van der Waals surface area contributed by atoms with Gasteiger partial charge in [0.1, 0.15) is 8.07 Å². The molecule has 0 saturated carbocycles. The minimum Gasteiger partial charge on any atom is -0.130 e. The second-order valence-corrected chi connectivity index (χ2v) is 12.0. The van der Waals surface area contributed by atoms with Gasteiger partial charge in [-0.15, -0.1) is 5.54 Å². The third-order valence-corrected chi connectivity index (χ3v) is 10.5. The van der Waals surface area contributed by atoms with E-state index in [1.165, 1.54) is 40.0 Å². The molecule has 0 aliphatic carbocycles. The molecule has 0 N–H and O–H groups in total. The molecule has 1 heteroatoms. The van der Waals surface area contributed by atoms with Crippen LogP contribution in [0, 0.1) is 11.5 Å². The van der Waals surface area contributed by atoms with Crippen molar-refractivity contribution in [2.75, 3.05) is 0 Å². The summed E-state index contributed by atoms with van der Waals surface area (Å²) in [6.45, 7) is 6.96. The highest BCUT2D eigenvalue weighted by molar-refractivity contribution is 6.87. The second kappa shape index (κ2) is 8.38. The van der Waals surface area contributed by atoms with Crippen LogP contribution in [0.4, 0.5) is 0 Å². The Hall–Kier alpha value is -2.30. The molecule has 0 spiro atoms. The number of hydrogen-bond donors (Lipinski definition) is 0. The Kier molecular flexibility index (Phi) is 5.96. The third-order valence-electron chi connectivity index (χ3n) is 5.75. The molecule has 26 heavy (non-hydrogen) atoms. The fraction of sp³-hybridized carbons (Fsp3) is 0.280. The minimum atomic E-state index is -1.46. The first-order chi connectivity index (χ1) is 12.7. The molecule has 132 valence electrons. The molecule has 3 rings (SSSR count). The van der Waals surface area contributed by atoms with Gasteiger partial charge in [0.15, 0.2) is 0 Å². The Morgan fingerprint density at radius 3 is 1.96 bits per heavy atom. The fourth-order valence-corrected chi connectivity index (χ4v) is 6.11. The highest BCUT2D eigenvalue weighted by Gasteiger charge is 2.25. The predicted molar refractivity (Wildman–Crippen MR) is 117 cm³/mol. The van der Waals surface area contributed by atoms with Gasteiger partial charge in [0.05, 0.1) is 5.92 Å². The molecule has 3 aromatic rings. The van der Waals surface area contributed by atoms with Crippen molar-refractivity contribution in [2.24, 2.45) is 0 Å². The summed E-state index contributed by atoms with van der Waals surface area (Å²) >= 11 is 0. The van der Waals surface area contributed by atoms with Crippen LogP contribution in [-0.4, -0.2) is 8.07 Å². The quantitative estimate of drug-likeness (QED) is 0.340. The van der Waals surface area contributed by atoms with E-state index >= 15 is 0 Å². The summed E-state index contributed by atoms with van der Waals surface area (Å²) < 4.78 is 0. The van der Waals surface area contributed by atoms with Gasteiger partial charge >= 0.3 is 0 Å². The van der Waals surface area contributed by atoms with Gasteiger partial charge in [0.25, 0.3) is 0 Å². The van der Waals surface area contributed by atoms with E-state index in [2.05, 4.69) is 105 Å². The van der Waals surface area contributed by atoms with E-state index in [-0.39, 0.29) is 5.92 Å². The monoisotopic (exact) mass is 356 g/mol. The normalized spacial score (nSPS) is 12.4. The van der Waals surface area contributed by atoms with Crippen molar-refractivity contribution in [3.8, 4) is 11.5 Å². The standard InChI is InChI=1S/C25H28Si/c1-4-26(5-2,6-3)19-18-25(22-13-8-7-9-14-22)24-17-16-21-12-10-11-15-23(21)20-24/h7-17,20,25H,4-6H2,1-3H3. The zero-order chi connectivity index (χ0) is 18.4. The van der Waals surface area contributed by atoms with Crippen molar-refractivity contribution in [3.05, 3.63) is 83.9 Å². The van der Waals surface area contributed by atoms with Crippen LogP contribution in [0.1, 0.15) is 37.8 Å². The molecule has 1 atom stereocenters. The summed E-state index contributed by atoms with van der Waals surface area (Å²) in [6.07, 6.45) is 0. The lowest BCUT2D eigenvalue weighted by atomic mass is 9.91. The van der Waals surface area contributed by atoms with Crippen LogP contribution in [0.2, 0.25) is 18.1 Å². The number of rotatable bonds is 5. The van der Waals surface area contributed by atoms with Gasteiger partial charge in [-0.1, -0.05) is 93.4 Å². The second-order valence-electron chi connectivity index (χ2n) is 7.06. The van der Waals surface area contributed by atoms with Crippen LogP contribution in [0.3, 0.4) is 0 Å². The van der Waals surface area contributed by atoms with Gasteiger partial charge in [-0.05, 0) is 46.1 Å². The molecule has 0 heterocycles. The maximum absolute atomic E-state index is 3.82. The highest BCUT2D eigenvalue weighted by Crippen LogP contribution is 2.28. The Labute approximate surface area is 159 Å². The summed E-state index contributed by atoms with van der Waals surface area (Å²) in [5.74, 6) is 3.87. The molecular weight excluding hydrogens is 328 g/mol. The van der Waals surface area contributed by atoms with E-state index in [1.54, 1.807) is 0 Å². The Morgan fingerprint density at radius 2 is 1.31 bits per heavy atom. The average Bonchev–Trinajstić information content (AvgIpc) is 2.72. The number of hydrogen-bond acceptors (Lipinski definition) is 0. The van der Waals surface area contributed by atoms with Crippen molar-refractivity contribution in [1.82, 2.24) is 0 Å². The zero-order valence-corrected chi connectivity index (χ0v) is 17.1. The van der Waals surface area contributed by atoms with Crippen LogP contribution in [0.15, 0.2) is 72.8 Å². The molecule has 0 aliphatic rings. The average molecular weight is 357 g/mol. The maximum Gasteiger partial charge on any atom is 0.137 e. The van der Waals surface area contributed by atoms with E-state index in [9.17, 15) is 0 Å². The van der Waals surface area contributed by atoms with Crippen molar-refractivity contribution >= 4 is 18.8 Å². The summed E-state index contributed by atoms with van der Waals surface area (Å²) in [6, 6.07) is 29.8. The Bertz CT molecular complexity index is 903. The van der Waals surface area contributed by atoms with E-state index in [0.717, 1.165) is 0 Å². The number of fused-ring (bicyclic) bond motifs is 1. The van der Waals surface area contributed by atoms with E-state index in [1.807, 2.05) is 0 Å². The first kappa shape index (κ1) is 18.5. The third kappa shape index (κ3) is 3.92. The molecule has 0 amide bonds. The minimum absolute atomic E-state index is 0.150. The van der Waals surface area contributed by atoms with Crippen LogP contribution < -0.4 is 0 Å². The lowest BCUT2D eigenvalue weighted by Crippen LogP contribution is -2.29. The van der Waals surface area contributed by atoms with E-state index in [0.29, 0.717) is 0 Å². The van der Waals surface area contributed by atoms with E-state index in [4.69, 9.17) is 0 Å². The van der Waals surface area contributed by atoms with Gasteiger partial charge < -0.3 is 0 Å². The van der Waals surface area contributed by atoms with Crippen molar-refractivity contribution in [3.63, 3.8) is 0 Å². The van der Waals surface area contributed by atoms with Crippen LogP contribution in [0.5, 0.6) is 0 Å².